The van der Waals surface area contributed by atoms with Crippen LogP contribution in [0.3, 0.4) is 0 Å². The van der Waals surface area contributed by atoms with Gasteiger partial charge in [-0.05, 0) is 21.3 Å². The van der Waals surface area contributed by atoms with Crippen molar-refractivity contribution in [2.75, 3.05) is 17.3 Å². The van der Waals surface area contributed by atoms with Crippen LogP contribution < -0.4 is 0 Å². The van der Waals surface area contributed by atoms with Gasteiger partial charge in [0.25, 0.3) is 0 Å². The molecule has 2 unspecified atom stereocenters. The van der Waals surface area contributed by atoms with Crippen molar-refractivity contribution in [2.45, 2.75) is 11.4 Å². The molecule has 0 aliphatic carbocycles. The van der Waals surface area contributed by atoms with Crippen molar-refractivity contribution >= 4 is 50.8 Å². The first kappa shape index (κ1) is 11.3. The quantitative estimate of drug-likeness (QED) is 0.904. The molecule has 1 aliphatic heterocycles. The summed E-state index contributed by atoms with van der Waals surface area (Å²) in [6.07, 6.45) is -0.312. The minimum absolute atomic E-state index is 0.312. The van der Waals surface area contributed by atoms with Crippen molar-refractivity contribution in [3.05, 3.63) is 20.8 Å². The number of thiophene rings is 1. The maximum Gasteiger partial charge on any atom is 0.0935 e. The van der Waals surface area contributed by atoms with E-state index >= 15 is 0 Å². The molecule has 0 radical (unpaired) electrons. The third-order valence-electron chi connectivity index (χ3n) is 2.15. The zero-order valence-electron chi connectivity index (χ0n) is 7.48. The molecule has 1 aromatic rings. The van der Waals surface area contributed by atoms with E-state index in [4.69, 9.17) is 0 Å². The van der Waals surface area contributed by atoms with Crippen LogP contribution in [0.5, 0.6) is 0 Å². The molecule has 0 saturated carbocycles. The predicted octanol–water partition coefficient (Wildman–Crippen LogP) is 3.39. The molecular weight excluding hydrogens is 300 g/mol. The smallest absolute Gasteiger partial charge is 0.0935 e. The second-order valence-corrected chi connectivity index (χ2v) is 7.20. The van der Waals surface area contributed by atoms with Gasteiger partial charge in [-0.1, -0.05) is 0 Å². The van der Waals surface area contributed by atoms with Crippen molar-refractivity contribution < 1.29 is 5.11 Å². The van der Waals surface area contributed by atoms with Gasteiger partial charge in [0.05, 0.1) is 6.10 Å². The van der Waals surface area contributed by atoms with Crippen LogP contribution in [0.4, 0.5) is 0 Å². The van der Waals surface area contributed by atoms with Gasteiger partial charge >= 0.3 is 0 Å². The second-order valence-electron chi connectivity index (χ2n) is 3.10. The number of aliphatic hydroxyl groups excluding tert-OH is 1. The molecule has 0 spiro atoms. The van der Waals surface area contributed by atoms with Crippen LogP contribution in [0.1, 0.15) is 11.7 Å². The molecule has 0 aromatic carbocycles. The van der Waals surface area contributed by atoms with Gasteiger partial charge in [0.1, 0.15) is 0 Å². The van der Waals surface area contributed by atoms with Crippen LogP contribution in [0.25, 0.3) is 0 Å². The molecule has 1 fully saturated rings. The summed E-state index contributed by atoms with van der Waals surface area (Å²) in [7, 11) is 0. The average molecular weight is 311 g/mol. The van der Waals surface area contributed by atoms with E-state index in [0.29, 0.717) is 5.25 Å². The van der Waals surface area contributed by atoms with Gasteiger partial charge in [-0.15, -0.1) is 0 Å². The predicted molar refractivity (Wildman–Crippen MR) is 70.5 cm³/mol. The summed E-state index contributed by atoms with van der Waals surface area (Å²) >= 11 is 8.94. The Bertz CT molecular complexity index is 296. The molecule has 1 aromatic heterocycles. The first-order valence-electron chi connectivity index (χ1n) is 4.38. The van der Waals surface area contributed by atoms with Crippen LogP contribution in [0, 0.1) is 0 Å². The lowest BCUT2D eigenvalue weighted by Gasteiger charge is -2.25. The fraction of sp³-hybridized carbons (Fsp3) is 0.556. The highest BCUT2D eigenvalue weighted by atomic mass is 79.9. The normalized spacial score (nSPS) is 24.9. The van der Waals surface area contributed by atoms with Crippen LogP contribution in [0.15, 0.2) is 15.2 Å². The minimum Gasteiger partial charge on any atom is -0.387 e. The van der Waals surface area contributed by atoms with Crippen molar-refractivity contribution in [1.29, 1.82) is 0 Å². The molecule has 14 heavy (non-hydrogen) atoms. The molecule has 2 rings (SSSR count). The van der Waals surface area contributed by atoms with E-state index in [2.05, 4.69) is 15.9 Å². The fourth-order valence-corrected chi connectivity index (χ4v) is 5.69. The lowest BCUT2D eigenvalue weighted by atomic mass is 10.1. The summed E-state index contributed by atoms with van der Waals surface area (Å²) in [5.74, 6) is 3.45. The number of hydrogen-bond acceptors (Lipinski definition) is 4. The second kappa shape index (κ2) is 5.25. The molecule has 1 saturated heterocycles. The Morgan fingerprint density at radius 2 is 2.29 bits per heavy atom. The molecule has 1 nitrogen and oxygen atoms in total. The Balaban J connectivity index is 2.07. The van der Waals surface area contributed by atoms with Crippen LogP contribution in [0.2, 0.25) is 0 Å². The van der Waals surface area contributed by atoms with E-state index in [-0.39, 0.29) is 6.10 Å². The number of halogens is 1. The van der Waals surface area contributed by atoms with Gasteiger partial charge in [-0.3, -0.25) is 0 Å². The van der Waals surface area contributed by atoms with E-state index in [0.717, 1.165) is 21.5 Å². The first-order valence-corrected chi connectivity index (χ1v) is 8.32. The highest BCUT2D eigenvalue weighted by molar-refractivity contribution is 9.10. The van der Waals surface area contributed by atoms with Crippen LogP contribution in [-0.4, -0.2) is 27.6 Å². The molecular formula is C9H11BrOS3. The lowest BCUT2D eigenvalue weighted by molar-refractivity contribution is 0.180. The first-order chi connectivity index (χ1) is 6.79. The Morgan fingerprint density at radius 3 is 2.86 bits per heavy atom. The minimum atomic E-state index is -0.312. The number of rotatable bonds is 2. The van der Waals surface area contributed by atoms with Gasteiger partial charge < -0.3 is 5.11 Å². The van der Waals surface area contributed by atoms with E-state index in [1.54, 1.807) is 11.3 Å². The summed E-state index contributed by atoms with van der Waals surface area (Å²) in [6.45, 7) is 0. The number of aliphatic hydroxyl groups is 1. The lowest BCUT2D eigenvalue weighted by Crippen LogP contribution is -2.22. The monoisotopic (exact) mass is 310 g/mol. The van der Waals surface area contributed by atoms with Crippen LogP contribution in [-0.2, 0) is 0 Å². The van der Waals surface area contributed by atoms with E-state index in [1.165, 1.54) is 5.75 Å². The molecule has 78 valence electrons. The van der Waals surface area contributed by atoms with Crippen molar-refractivity contribution in [3.8, 4) is 0 Å². The highest BCUT2D eigenvalue weighted by Crippen LogP contribution is 2.37. The van der Waals surface area contributed by atoms with Crippen LogP contribution >= 0.6 is 50.8 Å². The molecule has 2 heterocycles. The zero-order chi connectivity index (χ0) is 9.97. The summed E-state index contributed by atoms with van der Waals surface area (Å²) < 4.78 is 1.05. The topological polar surface area (TPSA) is 20.2 Å². The molecule has 1 aliphatic rings. The summed E-state index contributed by atoms with van der Waals surface area (Å²) in [5, 5.41) is 14.6. The fourth-order valence-electron chi connectivity index (χ4n) is 1.39. The Labute approximate surface area is 105 Å². The summed E-state index contributed by atoms with van der Waals surface area (Å²) in [5.41, 5.74) is 1.05. The van der Waals surface area contributed by atoms with Gasteiger partial charge in [-0.25, -0.2) is 0 Å². The van der Waals surface area contributed by atoms with Gasteiger partial charge in [0, 0.05) is 37.9 Å². The summed E-state index contributed by atoms with van der Waals surface area (Å²) in [6, 6.07) is 0. The average Bonchev–Trinajstić information content (AvgIpc) is 2.65. The third kappa shape index (κ3) is 2.50. The number of hydrogen-bond donors (Lipinski definition) is 1. The Kier molecular flexibility index (Phi) is 4.25. The molecule has 2 atom stereocenters. The molecule has 1 N–H and O–H groups in total. The van der Waals surface area contributed by atoms with E-state index < -0.39 is 0 Å². The van der Waals surface area contributed by atoms with Gasteiger partial charge in [0.15, 0.2) is 0 Å². The van der Waals surface area contributed by atoms with E-state index in [1.807, 2.05) is 34.3 Å². The molecule has 0 amide bonds. The standard InChI is InChI=1S/C9H11BrOS3/c10-7-4-13-3-6(7)9(11)8-5-12-1-2-14-8/h3-4,8-9,11H,1-2,5H2. The van der Waals surface area contributed by atoms with Gasteiger partial charge in [0.2, 0.25) is 0 Å². The largest absolute Gasteiger partial charge is 0.387 e. The zero-order valence-corrected chi connectivity index (χ0v) is 11.5. The molecule has 5 heteroatoms. The van der Waals surface area contributed by atoms with Crippen molar-refractivity contribution in [3.63, 3.8) is 0 Å². The van der Waals surface area contributed by atoms with E-state index in [9.17, 15) is 5.11 Å². The van der Waals surface area contributed by atoms with Crippen molar-refractivity contribution in [1.82, 2.24) is 0 Å². The molecule has 0 bridgehead atoms. The van der Waals surface area contributed by atoms with Gasteiger partial charge in [-0.2, -0.15) is 34.9 Å². The SMILES string of the molecule is OC(c1cscc1Br)C1CSCCS1. The maximum atomic E-state index is 10.2. The third-order valence-corrected chi connectivity index (χ3v) is 6.76. The Hall–Kier alpha value is 0.840. The highest BCUT2D eigenvalue weighted by Gasteiger charge is 2.25. The number of thioether (sulfide) groups is 2. The summed E-state index contributed by atoms with van der Waals surface area (Å²) in [4.78, 5) is 0. The van der Waals surface area contributed by atoms with Crippen molar-refractivity contribution in [2.24, 2.45) is 0 Å². The maximum absolute atomic E-state index is 10.2. The Morgan fingerprint density at radius 1 is 1.43 bits per heavy atom.